The summed E-state index contributed by atoms with van der Waals surface area (Å²) in [6.07, 6.45) is 8.42. The average molecular weight is 768 g/mol. The number of fused-ring (bicyclic) bond motifs is 4. The molecule has 0 aliphatic carbocycles. The molecule has 0 saturated carbocycles. The van der Waals surface area contributed by atoms with E-state index in [1.165, 1.54) is 12.1 Å². The van der Waals surface area contributed by atoms with Crippen LogP contribution in [0.15, 0.2) is 36.9 Å². The number of halogens is 2. The molecule has 56 heavy (non-hydrogen) atoms. The van der Waals surface area contributed by atoms with Gasteiger partial charge in [0.2, 0.25) is 5.91 Å². The number of rotatable bonds is 8. The summed E-state index contributed by atoms with van der Waals surface area (Å²) in [6.45, 7) is 9.75. The van der Waals surface area contributed by atoms with Gasteiger partial charge in [0.25, 0.3) is 0 Å². The molecular formula is C42H47F2N7O5. The highest BCUT2D eigenvalue weighted by Gasteiger charge is 2.57. The molecule has 5 aliphatic rings. The van der Waals surface area contributed by atoms with Crippen LogP contribution in [0.4, 0.5) is 20.3 Å². The third-order valence-corrected chi connectivity index (χ3v) is 12.7. The molecule has 3 aromatic rings. The number of aliphatic hydroxyl groups is 1. The van der Waals surface area contributed by atoms with Crippen molar-refractivity contribution < 1.29 is 33.3 Å². The maximum Gasteiger partial charge on any atom is 0.318 e. The smallest absolute Gasteiger partial charge is 0.318 e. The Morgan fingerprint density at radius 2 is 1.98 bits per heavy atom. The number of anilines is 2. The van der Waals surface area contributed by atoms with Gasteiger partial charge in [-0.25, -0.2) is 8.78 Å². The molecule has 5 aliphatic heterocycles. The third kappa shape index (κ3) is 6.38. The minimum absolute atomic E-state index is 0.000993. The van der Waals surface area contributed by atoms with Gasteiger partial charge in [-0.2, -0.15) is 15.2 Å². The van der Waals surface area contributed by atoms with Crippen molar-refractivity contribution in [1.82, 2.24) is 19.8 Å². The number of nitrogens with zero attached hydrogens (tertiary/aromatic N) is 7. The molecule has 6 heterocycles. The molecule has 4 saturated heterocycles. The first-order valence-corrected chi connectivity index (χ1v) is 19.4. The van der Waals surface area contributed by atoms with Gasteiger partial charge in [-0.05, 0) is 63.1 Å². The Bertz CT molecular complexity index is 2140. The van der Waals surface area contributed by atoms with Crippen LogP contribution in [0.1, 0.15) is 56.4 Å². The van der Waals surface area contributed by atoms with E-state index in [2.05, 4.69) is 28.4 Å². The predicted octanol–water partition coefficient (Wildman–Crippen LogP) is 4.25. The van der Waals surface area contributed by atoms with Gasteiger partial charge in [0.1, 0.15) is 30.2 Å². The van der Waals surface area contributed by atoms with Crippen molar-refractivity contribution in [3.63, 3.8) is 0 Å². The van der Waals surface area contributed by atoms with Gasteiger partial charge in [0.15, 0.2) is 0 Å². The molecule has 1 unspecified atom stereocenters. The van der Waals surface area contributed by atoms with E-state index in [-0.39, 0.29) is 73.4 Å². The number of piperazine rings is 1. The van der Waals surface area contributed by atoms with Crippen LogP contribution in [0.5, 0.6) is 11.8 Å². The second-order valence-electron chi connectivity index (χ2n) is 16.3. The molecule has 4 fully saturated rings. The van der Waals surface area contributed by atoms with Crippen LogP contribution in [0.2, 0.25) is 0 Å². The highest BCUT2D eigenvalue weighted by Crippen LogP contribution is 2.45. The van der Waals surface area contributed by atoms with Crippen molar-refractivity contribution in [2.24, 2.45) is 5.92 Å². The minimum atomic E-state index is -1.36. The van der Waals surface area contributed by atoms with Crippen LogP contribution < -0.4 is 14.5 Å². The number of phenols is 1. The van der Waals surface area contributed by atoms with Crippen LogP contribution in [-0.4, -0.2) is 117 Å². The van der Waals surface area contributed by atoms with Crippen LogP contribution in [0.3, 0.4) is 0 Å². The van der Waals surface area contributed by atoms with E-state index in [0.29, 0.717) is 86.5 Å². The highest BCUT2D eigenvalue weighted by atomic mass is 19.1. The SMILES string of the molecule is C#Cc1c(F)ccc2cc(O)cc(N3CCc4c(nc(OC[C@]5(C(C)(C)O)C[C@@H](F)CN5C5CCOCC5)nc4N4C[C@@H]5CC(C#N)[C@H](C4)N5C(=O)C=C)C3)c12. The zero-order valence-corrected chi connectivity index (χ0v) is 31.8. The van der Waals surface area contributed by atoms with E-state index in [0.717, 1.165) is 5.56 Å². The van der Waals surface area contributed by atoms with Crippen molar-refractivity contribution in [2.45, 2.75) is 87.9 Å². The number of hydrogen-bond acceptors (Lipinski definition) is 11. The fraction of sp³-hybridized carbons (Fsp3) is 0.524. The maximum atomic E-state index is 15.5. The first kappa shape index (κ1) is 37.9. The maximum absolute atomic E-state index is 15.5. The number of nitriles is 1. The second-order valence-corrected chi connectivity index (χ2v) is 16.3. The number of carbonyl (C=O) groups is 1. The fourth-order valence-corrected chi connectivity index (χ4v) is 9.97. The topological polar surface area (TPSA) is 139 Å². The molecule has 2 aromatic carbocycles. The molecule has 12 nitrogen and oxygen atoms in total. The van der Waals surface area contributed by atoms with E-state index < -0.39 is 23.1 Å². The van der Waals surface area contributed by atoms with E-state index >= 15 is 8.78 Å². The minimum Gasteiger partial charge on any atom is -0.508 e. The number of terminal acetylenes is 1. The van der Waals surface area contributed by atoms with Gasteiger partial charge in [-0.3, -0.25) is 9.69 Å². The van der Waals surface area contributed by atoms with Crippen molar-refractivity contribution in [2.75, 3.05) is 55.8 Å². The predicted molar refractivity (Wildman–Crippen MR) is 205 cm³/mol. The molecular weight excluding hydrogens is 721 g/mol. The van der Waals surface area contributed by atoms with Crippen molar-refractivity contribution in [1.29, 1.82) is 5.26 Å². The normalized spacial score (nSPS) is 26.9. The first-order valence-electron chi connectivity index (χ1n) is 19.4. The molecule has 1 aromatic heterocycles. The number of amides is 1. The molecule has 294 valence electrons. The standard InChI is InChI=1S/C42H47F2N7O5/c1-5-31-33(44)8-7-25-16-30(52)17-35(38(25)31)48-12-9-32-34(22-48)46-40(47-39(32)49-21-29-15-26(19-45)36(23-49)51(29)37(53)6-2)56-24-42(41(3,4)54)18-27(43)20-50(42)28-10-13-55-14-11-28/h1,6-8,16-17,26-29,36,52,54H,2,9-15,18,20-24H2,3-4H3/t26?,27-,29+,36+,42+/m1/s1. The number of phenolic OH excluding ortho intramolecular Hbond substituents is 1. The largest absolute Gasteiger partial charge is 0.508 e. The Hall–Kier alpha value is -5.02. The Morgan fingerprint density at radius 1 is 1.20 bits per heavy atom. The summed E-state index contributed by atoms with van der Waals surface area (Å²) in [4.78, 5) is 30.9. The summed E-state index contributed by atoms with van der Waals surface area (Å²) in [6, 6.07) is 7.85. The Labute approximate surface area is 325 Å². The molecule has 2 N–H and O–H groups in total. The van der Waals surface area contributed by atoms with Gasteiger partial charge in [0.05, 0.1) is 53.0 Å². The number of likely N-dealkylation sites (tertiary alicyclic amines) is 1. The Kier molecular flexibility index (Phi) is 9.80. The Balaban J connectivity index is 1.19. The fourth-order valence-electron chi connectivity index (χ4n) is 9.97. The highest BCUT2D eigenvalue weighted by molar-refractivity contribution is 6.00. The number of alkyl halides is 1. The lowest BCUT2D eigenvalue weighted by Gasteiger charge is -2.49. The lowest BCUT2D eigenvalue weighted by Crippen LogP contribution is -2.65. The zero-order valence-electron chi connectivity index (χ0n) is 31.8. The van der Waals surface area contributed by atoms with Gasteiger partial charge < -0.3 is 34.4 Å². The number of ether oxygens (including phenoxy) is 2. The van der Waals surface area contributed by atoms with E-state index in [1.807, 2.05) is 4.90 Å². The summed E-state index contributed by atoms with van der Waals surface area (Å²) in [5.74, 6) is 2.01. The van der Waals surface area contributed by atoms with Crippen LogP contribution >= 0.6 is 0 Å². The van der Waals surface area contributed by atoms with Gasteiger partial charge >= 0.3 is 6.01 Å². The molecule has 1 amide bonds. The zero-order chi connectivity index (χ0) is 39.5. The van der Waals surface area contributed by atoms with Crippen LogP contribution in [0.25, 0.3) is 10.8 Å². The summed E-state index contributed by atoms with van der Waals surface area (Å²) >= 11 is 0. The third-order valence-electron chi connectivity index (χ3n) is 12.7. The van der Waals surface area contributed by atoms with Crippen molar-refractivity contribution in [3.8, 4) is 30.2 Å². The average Bonchev–Trinajstić information content (AvgIpc) is 3.66. The molecule has 8 rings (SSSR count). The van der Waals surface area contributed by atoms with Crippen LogP contribution in [-0.2, 0) is 22.5 Å². The number of carbonyl (C=O) groups excluding carboxylic acids is 1. The summed E-state index contributed by atoms with van der Waals surface area (Å²) in [7, 11) is 0. The van der Waals surface area contributed by atoms with Crippen LogP contribution in [0, 0.1) is 35.4 Å². The number of hydrogen-bond donors (Lipinski definition) is 2. The second kappa shape index (κ2) is 14.5. The number of benzene rings is 2. The first-order chi connectivity index (χ1) is 26.8. The summed E-state index contributed by atoms with van der Waals surface area (Å²) in [5, 5.41) is 33.7. The monoisotopic (exact) mass is 767 g/mol. The molecule has 2 bridgehead atoms. The summed E-state index contributed by atoms with van der Waals surface area (Å²) < 4.78 is 42.7. The Morgan fingerprint density at radius 3 is 2.70 bits per heavy atom. The quantitative estimate of drug-likeness (QED) is 0.252. The summed E-state index contributed by atoms with van der Waals surface area (Å²) in [5.41, 5.74) is -0.303. The molecule has 0 spiro atoms. The lowest BCUT2D eigenvalue weighted by molar-refractivity contribution is -0.129. The van der Waals surface area contributed by atoms with E-state index in [1.54, 1.807) is 36.9 Å². The van der Waals surface area contributed by atoms with Crippen molar-refractivity contribution >= 4 is 28.2 Å². The van der Waals surface area contributed by atoms with Gasteiger partial charge in [-0.1, -0.05) is 18.6 Å². The molecule has 5 atom stereocenters. The molecule has 0 radical (unpaired) electrons. The molecule has 14 heteroatoms. The van der Waals surface area contributed by atoms with Gasteiger partial charge in [0, 0.05) is 74.6 Å². The number of aromatic nitrogens is 2. The van der Waals surface area contributed by atoms with Crippen molar-refractivity contribution in [3.05, 3.63) is 59.6 Å². The van der Waals surface area contributed by atoms with Gasteiger partial charge in [-0.15, -0.1) is 6.42 Å². The number of aromatic hydroxyl groups is 1. The van der Waals surface area contributed by atoms with E-state index in [4.69, 9.17) is 25.9 Å². The van der Waals surface area contributed by atoms with E-state index in [9.17, 15) is 20.3 Å². The lowest BCUT2D eigenvalue weighted by atomic mass is 9.79.